The number of aromatic nitrogens is 1. The van der Waals surface area contributed by atoms with E-state index in [0.717, 1.165) is 18.5 Å². The fraction of sp³-hybridized carbons (Fsp3) is 0.615. The quantitative estimate of drug-likeness (QED) is 0.848. The van der Waals surface area contributed by atoms with E-state index >= 15 is 0 Å². The lowest BCUT2D eigenvalue weighted by atomic mass is 9.92. The summed E-state index contributed by atoms with van der Waals surface area (Å²) >= 11 is 0. The summed E-state index contributed by atoms with van der Waals surface area (Å²) in [7, 11) is 0. The molecule has 0 saturated carbocycles. The van der Waals surface area contributed by atoms with Crippen molar-refractivity contribution in [2.45, 2.75) is 50.9 Å². The fourth-order valence-corrected chi connectivity index (χ4v) is 2.28. The lowest BCUT2D eigenvalue weighted by molar-refractivity contribution is 0.0356. The van der Waals surface area contributed by atoms with Crippen LogP contribution in [-0.4, -0.2) is 23.2 Å². The first-order valence-corrected chi connectivity index (χ1v) is 6.00. The van der Waals surface area contributed by atoms with Gasteiger partial charge in [0.25, 0.3) is 0 Å². The van der Waals surface area contributed by atoms with Crippen LogP contribution in [0.2, 0.25) is 0 Å². The normalized spacial score (nSPS) is 28.9. The zero-order chi connectivity index (χ0) is 11.5. The molecule has 0 aromatic carbocycles. The largest absolute Gasteiger partial charge is 0.374 e. The van der Waals surface area contributed by atoms with Gasteiger partial charge in [0, 0.05) is 23.9 Å². The molecule has 0 bridgehead atoms. The summed E-state index contributed by atoms with van der Waals surface area (Å²) in [6, 6.07) is 6.00. The molecular weight excluding hydrogens is 200 g/mol. The van der Waals surface area contributed by atoms with Crippen molar-refractivity contribution >= 4 is 0 Å². The second kappa shape index (κ2) is 4.93. The van der Waals surface area contributed by atoms with Crippen molar-refractivity contribution in [3.05, 3.63) is 30.1 Å². The van der Waals surface area contributed by atoms with E-state index in [4.69, 9.17) is 10.5 Å². The zero-order valence-electron chi connectivity index (χ0n) is 9.97. The monoisotopic (exact) mass is 220 g/mol. The molecular formula is C13H20N2O. The molecule has 1 saturated heterocycles. The molecule has 88 valence electrons. The third kappa shape index (κ3) is 2.42. The van der Waals surface area contributed by atoms with Gasteiger partial charge in [0.15, 0.2) is 0 Å². The second-order valence-corrected chi connectivity index (χ2v) is 4.68. The van der Waals surface area contributed by atoms with Gasteiger partial charge in [-0.1, -0.05) is 13.0 Å². The van der Waals surface area contributed by atoms with Gasteiger partial charge in [-0.15, -0.1) is 0 Å². The van der Waals surface area contributed by atoms with E-state index in [2.05, 4.69) is 18.8 Å². The predicted octanol–water partition coefficient (Wildman–Crippen LogP) is 2.08. The summed E-state index contributed by atoms with van der Waals surface area (Å²) < 4.78 is 5.81. The predicted molar refractivity (Wildman–Crippen MR) is 64.2 cm³/mol. The van der Waals surface area contributed by atoms with Gasteiger partial charge < -0.3 is 10.5 Å². The van der Waals surface area contributed by atoms with Crippen molar-refractivity contribution in [2.75, 3.05) is 0 Å². The van der Waals surface area contributed by atoms with Crippen molar-refractivity contribution in [1.82, 2.24) is 4.98 Å². The summed E-state index contributed by atoms with van der Waals surface area (Å²) in [6.07, 6.45) is 4.54. The molecule has 1 aromatic heterocycles. The van der Waals surface area contributed by atoms with Crippen LogP contribution >= 0.6 is 0 Å². The topological polar surface area (TPSA) is 48.1 Å². The molecule has 1 aliphatic heterocycles. The summed E-state index contributed by atoms with van der Waals surface area (Å²) in [5.74, 6) is 0.247. The molecule has 2 heterocycles. The van der Waals surface area contributed by atoms with Crippen LogP contribution in [0.1, 0.15) is 38.3 Å². The lowest BCUT2D eigenvalue weighted by Gasteiger charge is -2.25. The van der Waals surface area contributed by atoms with E-state index in [1.807, 2.05) is 24.4 Å². The lowest BCUT2D eigenvalue weighted by Crippen LogP contribution is -2.39. The standard InChI is InChI=1S/C13H20N2O/c1-9-6-7-12(16-9)13(14)10(2)11-5-3-4-8-15-11/h3-5,8-10,12-13H,6-7,14H2,1-2H3. The molecule has 2 N–H and O–H groups in total. The van der Waals surface area contributed by atoms with Crippen molar-refractivity contribution in [3.63, 3.8) is 0 Å². The highest BCUT2D eigenvalue weighted by Gasteiger charge is 2.31. The molecule has 3 nitrogen and oxygen atoms in total. The van der Waals surface area contributed by atoms with Gasteiger partial charge in [0.2, 0.25) is 0 Å². The van der Waals surface area contributed by atoms with E-state index < -0.39 is 0 Å². The third-order valence-electron chi connectivity index (χ3n) is 3.43. The first-order valence-electron chi connectivity index (χ1n) is 6.00. The highest BCUT2D eigenvalue weighted by atomic mass is 16.5. The van der Waals surface area contributed by atoms with E-state index in [0.29, 0.717) is 6.10 Å². The number of hydrogen-bond donors (Lipinski definition) is 1. The van der Waals surface area contributed by atoms with E-state index in [1.165, 1.54) is 0 Å². The van der Waals surface area contributed by atoms with Crippen molar-refractivity contribution in [3.8, 4) is 0 Å². The first kappa shape index (κ1) is 11.6. The van der Waals surface area contributed by atoms with Gasteiger partial charge in [-0.3, -0.25) is 4.98 Å². The van der Waals surface area contributed by atoms with Crippen LogP contribution in [0, 0.1) is 0 Å². The molecule has 2 rings (SSSR count). The maximum Gasteiger partial charge on any atom is 0.0736 e. The Morgan fingerprint density at radius 3 is 2.81 bits per heavy atom. The Kier molecular flexibility index (Phi) is 3.56. The first-order chi connectivity index (χ1) is 7.68. The molecule has 16 heavy (non-hydrogen) atoms. The summed E-state index contributed by atoms with van der Waals surface area (Å²) in [5, 5.41) is 0. The Hall–Kier alpha value is -0.930. The van der Waals surface area contributed by atoms with Gasteiger partial charge in [0.05, 0.1) is 12.2 Å². The summed E-state index contributed by atoms with van der Waals surface area (Å²) in [5.41, 5.74) is 7.31. The molecule has 1 aliphatic rings. The fourth-order valence-electron chi connectivity index (χ4n) is 2.28. The number of pyridine rings is 1. The smallest absolute Gasteiger partial charge is 0.0736 e. The molecule has 0 radical (unpaired) electrons. The van der Waals surface area contributed by atoms with Crippen LogP contribution < -0.4 is 5.73 Å². The van der Waals surface area contributed by atoms with Crippen LogP contribution in [-0.2, 0) is 4.74 Å². The van der Waals surface area contributed by atoms with Crippen LogP contribution in [0.3, 0.4) is 0 Å². The van der Waals surface area contributed by atoms with Crippen LogP contribution in [0.15, 0.2) is 24.4 Å². The van der Waals surface area contributed by atoms with E-state index in [9.17, 15) is 0 Å². The number of ether oxygens (including phenoxy) is 1. The molecule has 0 aliphatic carbocycles. The Morgan fingerprint density at radius 2 is 2.25 bits per heavy atom. The molecule has 4 unspecified atom stereocenters. The summed E-state index contributed by atoms with van der Waals surface area (Å²) in [4.78, 5) is 4.35. The Morgan fingerprint density at radius 1 is 1.44 bits per heavy atom. The van der Waals surface area contributed by atoms with Gasteiger partial charge >= 0.3 is 0 Å². The molecule has 3 heteroatoms. The van der Waals surface area contributed by atoms with Gasteiger partial charge in [-0.2, -0.15) is 0 Å². The molecule has 0 amide bonds. The minimum Gasteiger partial charge on any atom is -0.374 e. The Labute approximate surface area is 97.0 Å². The molecule has 0 spiro atoms. The summed E-state index contributed by atoms with van der Waals surface area (Å²) in [6.45, 7) is 4.23. The second-order valence-electron chi connectivity index (χ2n) is 4.68. The zero-order valence-corrected chi connectivity index (χ0v) is 9.97. The number of nitrogens with two attached hydrogens (primary N) is 1. The van der Waals surface area contributed by atoms with Crippen LogP contribution in [0.5, 0.6) is 0 Å². The Bertz CT molecular complexity index is 328. The van der Waals surface area contributed by atoms with Gasteiger partial charge in [-0.25, -0.2) is 0 Å². The van der Waals surface area contributed by atoms with Gasteiger partial charge in [0.1, 0.15) is 0 Å². The minimum atomic E-state index is 0.0415. The third-order valence-corrected chi connectivity index (χ3v) is 3.43. The number of rotatable bonds is 3. The molecule has 1 fully saturated rings. The highest BCUT2D eigenvalue weighted by Crippen LogP contribution is 2.27. The maximum atomic E-state index is 6.25. The average Bonchev–Trinajstić information content (AvgIpc) is 2.75. The molecule has 1 aromatic rings. The average molecular weight is 220 g/mol. The SMILES string of the molecule is CC1CCC(C(N)C(C)c2ccccn2)O1. The Balaban J connectivity index is 2.02. The van der Waals surface area contributed by atoms with E-state index in [1.54, 1.807) is 0 Å². The van der Waals surface area contributed by atoms with Crippen molar-refractivity contribution < 1.29 is 4.74 Å². The van der Waals surface area contributed by atoms with Crippen LogP contribution in [0.25, 0.3) is 0 Å². The van der Waals surface area contributed by atoms with Crippen molar-refractivity contribution in [2.24, 2.45) is 5.73 Å². The number of nitrogens with zero attached hydrogens (tertiary/aromatic N) is 1. The van der Waals surface area contributed by atoms with Gasteiger partial charge in [-0.05, 0) is 31.9 Å². The van der Waals surface area contributed by atoms with Crippen LogP contribution in [0.4, 0.5) is 0 Å². The number of hydrogen-bond acceptors (Lipinski definition) is 3. The molecule has 4 atom stereocenters. The van der Waals surface area contributed by atoms with Crippen molar-refractivity contribution in [1.29, 1.82) is 0 Å². The minimum absolute atomic E-state index is 0.0415. The maximum absolute atomic E-state index is 6.25. The highest BCUT2D eigenvalue weighted by molar-refractivity contribution is 5.12. The van der Waals surface area contributed by atoms with E-state index in [-0.39, 0.29) is 18.1 Å².